The van der Waals surface area contributed by atoms with Crippen molar-refractivity contribution in [2.75, 3.05) is 6.61 Å². The number of esters is 1. The second-order valence-corrected chi connectivity index (χ2v) is 7.64. The van der Waals surface area contributed by atoms with Crippen LogP contribution in [0, 0.1) is 0 Å². The molecule has 2 rings (SSSR count). The number of carbonyl (C=O) groups is 2. The normalized spacial score (nSPS) is 12.2. The zero-order valence-electron chi connectivity index (χ0n) is 17.3. The number of ether oxygens (including phenoxy) is 2. The first-order valence-electron chi connectivity index (χ1n) is 9.75. The van der Waals surface area contributed by atoms with E-state index in [1.807, 2.05) is 55.5 Å². The molecule has 1 unspecified atom stereocenters. The highest BCUT2D eigenvalue weighted by Crippen LogP contribution is 2.24. The molecular weight excluding hydrogens is 390 g/mol. The van der Waals surface area contributed by atoms with Crippen molar-refractivity contribution in [3.8, 4) is 5.75 Å². The van der Waals surface area contributed by atoms with Crippen LogP contribution in [0.25, 0.3) is 0 Å². The van der Waals surface area contributed by atoms with Crippen molar-refractivity contribution in [2.45, 2.75) is 52.2 Å². The Morgan fingerprint density at radius 1 is 1.03 bits per heavy atom. The second-order valence-electron chi connectivity index (χ2n) is 7.21. The first-order chi connectivity index (χ1) is 13.7. The molecule has 0 saturated heterocycles. The highest BCUT2D eigenvalue weighted by molar-refractivity contribution is 6.30. The number of amides is 1. The van der Waals surface area contributed by atoms with E-state index < -0.39 is 11.6 Å². The molecule has 0 radical (unpaired) electrons. The van der Waals surface area contributed by atoms with E-state index in [2.05, 4.69) is 5.32 Å². The van der Waals surface area contributed by atoms with Crippen LogP contribution in [0.5, 0.6) is 5.75 Å². The summed E-state index contributed by atoms with van der Waals surface area (Å²) in [4.78, 5) is 24.0. The number of halogens is 1. The summed E-state index contributed by atoms with van der Waals surface area (Å²) >= 11 is 5.99. The standard InChI is InChI=1S/C23H28ClNO4/c1-5-21(26)25-20(17-9-11-18(24)12-10-17)15-16-7-13-19(14-8-16)29-23(3,4)22(27)28-6-2/h7-14,20H,5-6,15H2,1-4H3,(H,25,26). The molecule has 0 aliphatic rings. The first kappa shape index (κ1) is 22.8. The lowest BCUT2D eigenvalue weighted by molar-refractivity contribution is -0.158. The number of benzene rings is 2. The van der Waals surface area contributed by atoms with E-state index in [0.717, 1.165) is 11.1 Å². The zero-order chi connectivity index (χ0) is 21.4. The molecule has 1 N–H and O–H groups in total. The zero-order valence-corrected chi connectivity index (χ0v) is 18.1. The summed E-state index contributed by atoms with van der Waals surface area (Å²) in [5, 5.41) is 3.71. The average Bonchev–Trinajstić information content (AvgIpc) is 2.69. The molecule has 6 heteroatoms. The maximum atomic E-state index is 12.0. The Labute approximate surface area is 177 Å². The third-order valence-corrected chi connectivity index (χ3v) is 4.68. The van der Waals surface area contributed by atoms with Crippen molar-refractivity contribution in [3.05, 3.63) is 64.7 Å². The van der Waals surface area contributed by atoms with Gasteiger partial charge in [-0.15, -0.1) is 0 Å². The van der Waals surface area contributed by atoms with Crippen LogP contribution in [0.1, 0.15) is 51.3 Å². The van der Waals surface area contributed by atoms with Crippen molar-refractivity contribution in [1.29, 1.82) is 0 Å². The molecule has 2 aromatic rings. The molecule has 5 nitrogen and oxygen atoms in total. The largest absolute Gasteiger partial charge is 0.476 e. The quantitative estimate of drug-likeness (QED) is 0.591. The van der Waals surface area contributed by atoms with Gasteiger partial charge in [0.05, 0.1) is 12.6 Å². The van der Waals surface area contributed by atoms with Crippen LogP contribution in [0.15, 0.2) is 48.5 Å². The van der Waals surface area contributed by atoms with E-state index in [1.165, 1.54) is 0 Å². The van der Waals surface area contributed by atoms with Crippen molar-refractivity contribution >= 4 is 23.5 Å². The van der Waals surface area contributed by atoms with Gasteiger partial charge in [0, 0.05) is 11.4 Å². The molecule has 2 aromatic carbocycles. The van der Waals surface area contributed by atoms with Gasteiger partial charge in [-0.3, -0.25) is 4.79 Å². The van der Waals surface area contributed by atoms with E-state index in [-0.39, 0.29) is 11.9 Å². The molecule has 0 aromatic heterocycles. The van der Waals surface area contributed by atoms with E-state index in [4.69, 9.17) is 21.1 Å². The number of nitrogens with one attached hydrogen (secondary N) is 1. The van der Waals surface area contributed by atoms with Gasteiger partial charge >= 0.3 is 5.97 Å². The third-order valence-electron chi connectivity index (χ3n) is 4.43. The second kappa shape index (κ2) is 10.3. The molecule has 0 spiro atoms. The molecule has 1 atom stereocenters. The van der Waals surface area contributed by atoms with E-state index in [1.54, 1.807) is 20.8 Å². The van der Waals surface area contributed by atoms with Crippen LogP contribution in [-0.2, 0) is 20.7 Å². The topological polar surface area (TPSA) is 64.6 Å². The smallest absolute Gasteiger partial charge is 0.349 e. The summed E-state index contributed by atoms with van der Waals surface area (Å²) in [5.41, 5.74) is 0.945. The van der Waals surface area contributed by atoms with Crippen molar-refractivity contribution in [2.24, 2.45) is 0 Å². The highest BCUT2D eigenvalue weighted by atomic mass is 35.5. The Morgan fingerprint density at radius 3 is 2.21 bits per heavy atom. The molecule has 0 aliphatic heterocycles. The molecular formula is C23H28ClNO4. The Kier molecular flexibility index (Phi) is 8.09. The molecule has 156 valence electrons. The van der Waals surface area contributed by atoms with Gasteiger partial charge in [0.15, 0.2) is 5.60 Å². The fourth-order valence-electron chi connectivity index (χ4n) is 2.81. The lowest BCUT2D eigenvalue weighted by Gasteiger charge is -2.24. The molecule has 29 heavy (non-hydrogen) atoms. The Balaban J connectivity index is 2.12. The number of hydrogen-bond acceptors (Lipinski definition) is 4. The maximum Gasteiger partial charge on any atom is 0.349 e. The lowest BCUT2D eigenvalue weighted by Crippen LogP contribution is -2.39. The average molecular weight is 418 g/mol. The summed E-state index contributed by atoms with van der Waals surface area (Å²) < 4.78 is 10.8. The van der Waals surface area contributed by atoms with Gasteiger partial charge in [0.1, 0.15) is 5.75 Å². The first-order valence-corrected chi connectivity index (χ1v) is 10.1. The molecule has 0 bridgehead atoms. The van der Waals surface area contributed by atoms with E-state index in [0.29, 0.717) is 30.2 Å². The van der Waals surface area contributed by atoms with Crippen LogP contribution < -0.4 is 10.1 Å². The fraction of sp³-hybridized carbons (Fsp3) is 0.391. The third kappa shape index (κ3) is 6.79. The minimum absolute atomic E-state index is 0.0129. The van der Waals surface area contributed by atoms with Crippen molar-refractivity contribution < 1.29 is 19.1 Å². The van der Waals surface area contributed by atoms with Gasteiger partial charge in [-0.05, 0) is 62.6 Å². The van der Waals surface area contributed by atoms with Crippen LogP contribution in [-0.4, -0.2) is 24.1 Å². The van der Waals surface area contributed by atoms with E-state index >= 15 is 0 Å². The van der Waals surface area contributed by atoms with Gasteiger partial charge in [-0.1, -0.05) is 42.8 Å². The number of rotatable bonds is 9. The lowest BCUT2D eigenvalue weighted by atomic mass is 9.98. The Hall–Kier alpha value is -2.53. The summed E-state index contributed by atoms with van der Waals surface area (Å²) in [6.07, 6.45) is 1.04. The van der Waals surface area contributed by atoms with Gasteiger partial charge in [0.25, 0.3) is 0 Å². The predicted molar refractivity (Wildman–Crippen MR) is 114 cm³/mol. The van der Waals surface area contributed by atoms with Gasteiger partial charge in [-0.2, -0.15) is 0 Å². The van der Waals surface area contributed by atoms with Gasteiger partial charge in [-0.25, -0.2) is 4.79 Å². The minimum Gasteiger partial charge on any atom is -0.476 e. The molecule has 0 saturated carbocycles. The Morgan fingerprint density at radius 2 is 1.66 bits per heavy atom. The summed E-state index contributed by atoms with van der Waals surface area (Å²) in [7, 11) is 0. The van der Waals surface area contributed by atoms with Crippen LogP contribution in [0.3, 0.4) is 0 Å². The van der Waals surface area contributed by atoms with Crippen LogP contribution in [0.4, 0.5) is 0 Å². The summed E-state index contributed by atoms with van der Waals surface area (Å²) in [6, 6.07) is 14.8. The van der Waals surface area contributed by atoms with Gasteiger partial charge < -0.3 is 14.8 Å². The SMILES string of the molecule is CCOC(=O)C(C)(C)Oc1ccc(CC(NC(=O)CC)c2ccc(Cl)cc2)cc1. The molecule has 0 aliphatic carbocycles. The van der Waals surface area contributed by atoms with Crippen molar-refractivity contribution in [1.82, 2.24) is 5.32 Å². The van der Waals surface area contributed by atoms with Crippen LogP contribution >= 0.6 is 11.6 Å². The predicted octanol–water partition coefficient (Wildman–Crippen LogP) is 4.87. The summed E-state index contributed by atoms with van der Waals surface area (Å²) in [5.74, 6) is 0.155. The molecule has 0 heterocycles. The number of hydrogen-bond donors (Lipinski definition) is 1. The van der Waals surface area contributed by atoms with Crippen LogP contribution in [0.2, 0.25) is 5.02 Å². The number of carbonyl (C=O) groups excluding carboxylic acids is 2. The Bertz CT molecular complexity index is 816. The minimum atomic E-state index is -1.07. The van der Waals surface area contributed by atoms with Gasteiger partial charge in [0.2, 0.25) is 5.91 Å². The fourth-order valence-corrected chi connectivity index (χ4v) is 2.94. The summed E-state index contributed by atoms with van der Waals surface area (Å²) in [6.45, 7) is 7.24. The maximum absolute atomic E-state index is 12.0. The van der Waals surface area contributed by atoms with Crippen molar-refractivity contribution in [3.63, 3.8) is 0 Å². The molecule has 0 fully saturated rings. The molecule has 1 amide bonds. The monoisotopic (exact) mass is 417 g/mol. The van der Waals surface area contributed by atoms with E-state index in [9.17, 15) is 9.59 Å². The highest BCUT2D eigenvalue weighted by Gasteiger charge is 2.31.